The number of hydrogen-bond donors (Lipinski definition) is 1. The van der Waals surface area contributed by atoms with Crippen LogP contribution in [0.5, 0.6) is 0 Å². The zero-order valence-corrected chi connectivity index (χ0v) is 11.6. The Bertz CT molecular complexity index is 153. The fourth-order valence-electron chi connectivity index (χ4n) is 3.03. The highest BCUT2D eigenvalue weighted by molar-refractivity contribution is 4.80. The minimum absolute atomic E-state index is 0.856. The molecule has 96 valence electrons. The van der Waals surface area contributed by atoms with E-state index < -0.39 is 0 Å². The Morgan fingerprint density at radius 1 is 0.688 bits per heavy atom. The van der Waals surface area contributed by atoms with Gasteiger partial charge in [0.2, 0.25) is 0 Å². The van der Waals surface area contributed by atoms with Crippen molar-refractivity contribution in [2.24, 2.45) is 5.92 Å². The van der Waals surface area contributed by atoms with E-state index in [-0.39, 0.29) is 0 Å². The second kappa shape index (κ2) is 8.11. The molecule has 0 radical (unpaired) electrons. The monoisotopic (exact) mass is 225 g/mol. The number of rotatable bonds is 2. The molecule has 2 aliphatic rings. The van der Waals surface area contributed by atoms with Crippen LogP contribution in [0.3, 0.4) is 0 Å². The SMILES string of the molecule is CC.CC1CCC(NC2CCCCC2)CC1. The Balaban J connectivity index is 0.000000606. The molecule has 2 saturated carbocycles. The highest BCUT2D eigenvalue weighted by atomic mass is 14.9. The summed E-state index contributed by atoms with van der Waals surface area (Å²) in [5.74, 6) is 0.986. The van der Waals surface area contributed by atoms with Crippen molar-refractivity contribution in [3.8, 4) is 0 Å². The molecule has 16 heavy (non-hydrogen) atoms. The summed E-state index contributed by atoms with van der Waals surface area (Å²) in [5, 5.41) is 3.88. The van der Waals surface area contributed by atoms with E-state index in [9.17, 15) is 0 Å². The molecule has 0 aromatic heterocycles. The van der Waals surface area contributed by atoms with E-state index >= 15 is 0 Å². The Morgan fingerprint density at radius 3 is 1.75 bits per heavy atom. The van der Waals surface area contributed by atoms with Crippen LogP contribution in [0.4, 0.5) is 0 Å². The maximum absolute atomic E-state index is 3.88. The zero-order chi connectivity index (χ0) is 11.8. The molecule has 1 heteroatoms. The van der Waals surface area contributed by atoms with Crippen LogP contribution in [0.25, 0.3) is 0 Å². The number of hydrogen-bond acceptors (Lipinski definition) is 1. The van der Waals surface area contributed by atoms with Gasteiger partial charge in [-0.25, -0.2) is 0 Å². The molecule has 0 aliphatic heterocycles. The van der Waals surface area contributed by atoms with Crippen molar-refractivity contribution < 1.29 is 0 Å². The second-order valence-corrected chi connectivity index (χ2v) is 5.46. The van der Waals surface area contributed by atoms with Gasteiger partial charge in [0, 0.05) is 12.1 Å². The van der Waals surface area contributed by atoms with Crippen LogP contribution in [0.1, 0.15) is 78.6 Å². The van der Waals surface area contributed by atoms with Gasteiger partial charge in [-0.15, -0.1) is 0 Å². The highest BCUT2D eigenvalue weighted by Crippen LogP contribution is 2.25. The van der Waals surface area contributed by atoms with E-state index in [0.717, 1.165) is 18.0 Å². The van der Waals surface area contributed by atoms with Gasteiger partial charge in [-0.3, -0.25) is 0 Å². The molecule has 2 rings (SSSR count). The van der Waals surface area contributed by atoms with Gasteiger partial charge in [0.25, 0.3) is 0 Å². The predicted molar refractivity (Wildman–Crippen MR) is 72.8 cm³/mol. The maximum atomic E-state index is 3.88. The fraction of sp³-hybridized carbons (Fsp3) is 1.00. The Labute approximate surface area is 102 Å². The second-order valence-electron chi connectivity index (χ2n) is 5.46. The third kappa shape index (κ3) is 4.86. The summed E-state index contributed by atoms with van der Waals surface area (Å²) in [7, 11) is 0. The summed E-state index contributed by atoms with van der Waals surface area (Å²) >= 11 is 0. The van der Waals surface area contributed by atoms with Gasteiger partial charge in [-0.05, 0) is 44.4 Å². The van der Waals surface area contributed by atoms with E-state index in [4.69, 9.17) is 0 Å². The third-order valence-electron chi connectivity index (χ3n) is 4.09. The lowest BCUT2D eigenvalue weighted by molar-refractivity contribution is 0.260. The van der Waals surface area contributed by atoms with Crippen LogP contribution in [0, 0.1) is 5.92 Å². The molecule has 0 atom stereocenters. The van der Waals surface area contributed by atoms with Gasteiger partial charge in [0.1, 0.15) is 0 Å². The predicted octanol–water partition coefficient (Wildman–Crippen LogP) is 4.51. The van der Waals surface area contributed by atoms with Crippen LogP contribution in [0.2, 0.25) is 0 Å². The molecule has 0 aromatic carbocycles. The first kappa shape index (κ1) is 14.0. The highest BCUT2D eigenvalue weighted by Gasteiger charge is 2.21. The van der Waals surface area contributed by atoms with E-state index in [2.05, 4.69) is 12.2 Å². The molecule has 0 saturated heterocycles. The van der Waals surface area contributed by atoms with Crippen LogP contribution in [-0.4, -0.2) is 12.1 Å². The lowest BCUT2D eigenvalue weighted by Gasteiger charge is -2.32. The molecular weight excluding hydrogens is 194 g/mol. The molecule has 1 N–H and O–H groups in total. The van der Waals surface area contributed by atoms with E-state index in [0.29, 0.717) is 0 Å². The van der Waals surface area contributed by atoms with Gasteiger partial charge >= 0.3 is 0 Å². The van der Waals surface area contributed by atoms with Crippen LogP contribution in [0.15, 0.2) is 0 Å². The average Bonchev–Trinajstić information content (AvgIpc) is 2.36. The fourth-order valence-corrected chi connectivity index (χ4v) is 3.03. The molecule has 1 nitrogen and oxygen atoms in total. The summed E-state index contributed by atoms with van der Waals surface area (Å²) in [5.41, 5.74) is 0. The van der Waals surface area contributed by atoms with Gasteiger partial charge in [0.15, 0.2) is 0 Å². The summed E-state index contributed by atoms with van der Waals surface area (Å²) in [6, 6.07) is 1.72. The third-order valence-corrected chi connectivity index (χ3v) is 4.09. The quantitative estimate of drug-likeness (QED) is 0.729. The zero-order valence-electron chi connectivity index (χ0n) is 11.6. The maximum Gasteiger partial charge on any atom is 0.00698 e. The molecule has 0 spiro atoms. The summed E-state index contributed by atoms with van der Waals surface area (Å²) in [6.45, 7) is 6.40. The van der Waals surface area contributed by atoms with Crippen molar-refractivity contribution in [3.63, 3.8) is 0 Å². The molecule has 2 aliphatic carbocycles. The minimum atomic E-state index is 0.856. The number of nitrogens with one attached hydrogen (secondary N) is 1. The minimum Gasteiger partial charge on any atom is -0.311 e. The lowest BCUT2D eigenvalue weighted by atomic mass is 9.86. The lowest BCUT2D eigenvalue weighted by Crippen LogP contribution is -2.41. The van der Waals surface area contributed by atoms with Crippen molar-refractivity contribution in [2.75, 3.05) is 0 Å². The first-order chi connectivity index (χ1) is 7.84. The molecule has 0 amide bonds. The normalized spacial score (nSPS) is 31.7. The average molecular weight is 225 g/mol. The first-order valence-electron chi connectivity index (χ1n) is 7.60. The molecule has 0 heterocycles. The molecule has 0 aromatic rings. The van der Waals surface area contributed by atoms with Crippen molar-refractivity contribution >= 4 is 0 Å². The molecule has 2 fully saturated rings. The van der Waals surface area contributed by atoms with Crippen LogP contribution in [-0.2, 0) is 0 Å². The molecule has 0 bridgehead atoms. The molecule has 0 unspecified atom stereocenters. The topological polar surface area (TPSA) is 12.0 Å². The van der Waals surface area contributed by atoms with Gasteiger partial charge < -0.3 is 5.32 Å². The van der Waals surface area contributed by atoms with Crippen LogP contribution < -0.4 is 5.32 Å². The van der Waals surface area contributed by atoms with Gasteiger partial charge in [-0.2, -0.15) is 0 Å². The Hall–Kier alpha value is -0.0400. The first-order valence-corrected chi connectivity index (χ1v) is 7.60. The van der Waals surface area contributed by atoms with E-state index in [1.54, 1.807) is 0 Å². The van der Waals surface area contributed by atoms with Crippen LogP contribution >= 0.6 is 0 Å². The van der Waals surface area contributed by atoms with E-state index in [1.807, 2.05) is 13.8 Å². The van der Waals surface area contributed by atoms with Crippen molar-refractivity contribution in [2.45, 2.75) is 90.6 Å². The summed E-state index contributed by atoms with van der Waals surface area (Å²) in [4.78, 5) is 0. The largest absolute Gasteiger partial charge is 0.311 e. The summed E-state index contributed by atoms with van der Waals surface area (Å²) < 4.78 is 0. The summed E-state index contributed by atoms with van der Waals surface area (Å²) in [6.07, 6.45) is 13.0. The Morgan fingerprint density at radius 2 is 1.19 bits per heavy atom. The van der Waals surface area contributed by atoms with Crippen molar-refractivity contribution in [1.82, 2.24) is 5.32 Å². The smallest absolute Gasteiger partial charge is 0.00698 e. The van der Waals surface area contributed by atoms with E-state index in [1.165, 1.54) is 57.8 Å². The standard InChI is InChI=1S/C13H25N.C2H6/c1-11-7-9-13(10-8-11)14-12-5-3-2-4-6-12;1-2/h11-14H,2-10H2,1H3;1-2H3. The molecular formula is C15H31N. The van der Waals surface area contributed by atoms with Crippen molar-refractivity contribution in [3.05, 3.63) is 0 Å². The van der Waals surface area contributed by atoms with Gasteiger partial charge in [-0.1, -0.05) is 40.0 Å². The van der Waals surface area contributed by atoms with Crippen molar-refractivity contribution in [1.29, 1.82) is 0 Å². The Kier molecular flexibility index (Phi) is 7.11. The van der Waals surface area contributed by atoms with Gasteiger partial charge in [0.05, 0.1) is 0 Å².